The Kier molecular flexibility index (Phi) is 5.94. The highest BCUT2D eigenvalue weighted by Crippen LogP contribution is 2.19. The number of carbonyl (C=O) groups excluding carboxylic acids is 2. The summed E-state index contributed by atoms with van der Waals surface area (Å²) in [6, 6.07) is 20.3. The largest absolute Gasteiger partial charge is 0.326 e. The van der Waals surface area contributed by atoms with Gasteiger partial charge in [0.05, 0.1) is 11.9 Å². The zero-order valence-electron chi connectivity index (χ0n) is 15.1. The van der Waals surface area contributed by atoms with Crippen molar-refractivity contribution in [2.24, 2.45) is 0 Å². The number of hydrogen-bond donors (Lipinski definition) is 2. The summed E-state index contributed by atoms with van der Waals surface area (Å²) in [6.45, 7) is 2.03. The van der Waals surface area contributed by atoms with Crippen molar-refractivity contribution in [2.45, 2.75) is 19.3 Å². The lowest BCUT2D eigenvalue weighted by Crippen LogP contribution is -2.15. The zero-order valence-corrected chi connectivity index (χ0v) is 15.1. The van der Waals surface area contributed by atoms with Crippen LogP contribution in [0.25, 0.3) is 0 Å². The van der Waals surface area contributed by atoms with Gasteiger partial charge in [0.2, 0.25) is 5.91 Å². The summed E-state index contributed by atoms with van der Waals surface area (Å²) in [7, 11) is 0. The smallest absolute Gasteiger partial charge is 0.255 e. The molecule has 3 aromatic rings. The van der Waals surface area contributed by atoms with Crippen LogP contribution in [0, 0.1) is 0 Å². The van der Waals surface area contributed by atoms with E-state index in [1.54, 1.807) is 48.8 Å². The summed E-state index contributed by atoms with van der Waals surface area (Å²) in [5.74, 6) is -0.145. The van der Waals surface area contributed by atoms with Crippen LogP contribution in [0.1, 0.15) is 35.2 Å². The molecule has 1 atom stereocenters. The summed E-state index contributed by atoms with van der Waals surface area (Å²) in [5, 5.41) is 5.65. The van der Waals surface area contributed by atoms with E-state index in [1.807, 2.05) is 37.3 Å². The molecule has 0 bridgehead atoms. The maximum Gasteiger partial charge on any atom is 0.255 e. The Labute approximate surface area is 158 Å². The molecule has 0 saturated heterocycles. The molecule has 27 heavy (non-hydrogen) atoms. The molecule has 0 fully saturated rings. The molecule has 5 nitrogen and oxygen atoms in total. The van der Waals surface area contributed by atoms with E-state index in [2.05, 4.69) is 15.6 Å². The van der Waals surface area contributed by atoms with Crippen molar-refractivity contribution in [3.8, 4) is 0 Å². The Balaban J connectivity index is 1.55. The van der Waals surface area contributed by atoms with Crippen LogP contribution < -0.4 is 10.6 Å². The summed E-state index contributed by atoms with van der Waals surface area (Å²) < 4.78 is 0. The SMILES string of the molecule is C[C@H](CC(=O)Nc1ccc(C(=O)Nc2cccnc2)cc1)c1ccccc1. The molecule has 1 aromatic heterocycles. The molecule has 1 heterocycles. The fourth-order valence-electron chi connectivity index (χ4n) is 2.73. The van der Waals surface area contributed by atoms with E-state index in [1.165, 1.54) is 0 Å². The topological polar surface area (TPSA) is 71.1 Å². The van der Waals surface area contributed by atoms with Crippen molar-refractivity contribution >= 4 is 23.2 Å². The lowest BCUT2D eigenvalue weighted by Gasteiger charge is -2.12. The first kappa shape index (κ1) is 18.3. The predicted octanol–water partition coefficient (Wildman–Crippen LogP) is 4.47. The maximum atomic E-state index is 12.3. The van der Waals surface area contributed by atoms with E-state index in [0.717, 1.165) is 5.56 Å². The van der Waals surface area contributed by atoms with Gasteiger partial charge >= 0.3 is 0 Å². The van der Waals surface area contributed by atoms with Gasteiger partial charge in [-0.25, -0.2) is 0 Å². The molecule has 5 heteroatoms. The van der Waals surface area contributed by atoms with E-state index < -0.39 is 0 Å². The van der Waals surface area contributed by atoms with E-state index >= 15 is 0 Å². The Morgan fingerprint density at radius 3 is 2.30 bits per heavy atom. The number of aromatic nitrogens is 1. The molecule has 0 spiro atoms. The van der Waals surface area contributed by atoms with Gasteiger partial charge in [-0.3, -0.25) is 14.6 Å². The van der Waals surface area contributed by atoms with Crippen LogP contribution in [0.3, 0.4) is 0 Å². The van der Waals surface area contributed by atoms with E-state index in [9.17, 15) is 9.59 Å². The van der Waals surface area contributed by atoms with E-state index in [-0.39, 0.29) is 17.7 Å². The van der Waals surface area contributed by atoms with Gasteiger partial charge in [-0.15, -0.1) is 0 Å². The second-order valence-corrected chi connectivity index (χ2v) is 6.34. The third-order valence-corrected chi connectivity index (χ3v) is 4.21. The minimum atomic E-state index is -0.224. The van der Waals surface area contributed by atoms with Crippen molar-refractivity contribution in [3.63, 3.8) is 0 Å². The molecular weight excluding hydrogens is 338 g/mol. The van der Waals surface area contributed by atoms with Gasteiger partial charge in [0.1, 0.15) is 0 Å². The van der Waals surface area contributed by atoms with Crippen LogP contribution in [0.4, 0.5) is 11.4 Å². The van der Waals surface area contributed by atoms with E-state index in [4.69, 9.17) is 0 Å². The fourth-order valence-corrected chi connectivity index (χ4v) is 2.73. The second-order valence-electron chi connectivity index (χ2n) is 6.34. The number of rotatable bonds is 6. The Hall–Kier alpha value is -3.47. The first-order chi connectivity index (χ1) is 13.1. The number of carbonyl (C=O) groups is 2. The summed E-state index contributed by atoms with van der Waals surface area (Å²) in [4.78, 5) is 28.4. The first-order valence-corrected chi connectivity index (χ1v) is 8.78. The van der Waals surface area contributed by atoms with Crippen LogP contribution in [-0.2, 0) is 4.79 Å². The van der Waals surface area contributed by atoms with Gasteiger partial charge in [0.15, 0.2) is 0 Å². The number of anilines is 2. The molecule has 0 aliphatic rings. The molecular formula is C22H21N3O2. The monoisotopic (exact) mass is 359 g/mol. The molecule has 0 aliphatic heterocycles. The average Bonchev–Trinajstić information content (AvgIpc) is 2.70. The average molecular weight is 359 g/mol. The minimum Gasteiger partial charge on any atom is -0.326 e. The van der Waals surface area contributed by atoms with E-state index in [0.29, 0.717) is 23.4 Å². The minimum absolute atomic E-state index is 0.0566. The maximum absolute atomic E-state index is 12.3. The van der Waals surface area contributed by atoms with Crippen molar-refractivity contribution in [2.75, 3.05) is 10.6 Å². The predicted molar refractivity (Wildman–Crippen MR) is 107 cm³/mol. The van der Waals surface area contributed by atoms with Crippen molar-refractivity contribution in [3.05, 3.63) is 90.3 Å². The van der Waals surface area contributed by atoms with Crippen LogP contribution >= 0.6 is 0 Å². The highest BCUT2D eigenvalue weighted by Gasteiger charge is 2.12. The second kappa shape index (κ2) is 8.76. The molecule has 2 aromatic carbocycles. The first-order valence-electron chi connectivity index (χ1n) is 8.78. The van der Waals surface area contributed by atoms with Crippen molar-refractivity contribution < 1.29 is 9.59 Å². The normalized spacial score (nSPS) is 11.4. The van der Waals surface area contributed by atoms with Gasteiger partial charge in [-0.1, -0.05) is 37.3 Å². The molecule has 2 N–H and O–H groups in total. The number of hydrogen-bond acceptors (Lipinski definition) is 3. The van der Waals surface area contributed by atoms with Gasteiger partial charge in [-0.05, 0) is 47.9 Å². The molecule has 2 amide bonds. The van der Waals surface area contributed by atoms with Gasteiger partial charge in [0, 0.05) is 23.9 Å². The van der Waals surface area contributed by atoms with Crippen molar-refractivity contribution in [1.29, 1.82) is 0 Å². The summed E-state index contributed by atoms with van der Waals surface area (Å²) in [5.41, 5.74) is 2.94. The molecule has 0 radical (unpaired) electrons. The van der Waals surface area contributed by atoms with Gasteiger partial charge in [-0.2, -0.15) is 0 Å². The lowest BCUT2D eigenvalue weighted by molar-refractivity contribution is -0.116. The molecule has 0 unspecified atom stereocenters. The van der Waals surface area contributed by atoms with Gasteiger partial charge < -0.3 is 10.6 Å². The number of pyridine rings is 1. The standard InChI is InChI=1S/C22H21N3O2/c1-16(17-6-3-2-4-7-17)14-21(26)24-19-11-9-18(10-12-19)22(27)25-20-8-5-13-23-15-20/h2-13,15-16H,14H2,1H3,(H,24,26)(H,25,27)/t16-/m1/s1. The van der Waals surface area contributed by atoms with Crippen molar-refractivity contribution in [1.82, 2.24) is 4.98 Å². The van der Waals surface area contributed by atoms with Crippen LogP contribution in [0.5, 0.6) is 0 Å². The highest BCUT2D eigenvalue weighted by molar-refractivity contribution is 6.04. The highest BCUT2D eigenvalue weighted by atomic mass is 16.2. The Morgan fingerprint density at radius 2 is 1.63 bits per heavy atom. The number of benzene rings is 2. The third kappa shape index (κ3) is 5.25. The van der Waals surface area contributed by atoms with Crippen LogP contribution in [-0.4, -0.2) is 16.8 Å². The van der Waals surface area contributed by atoms with Gasteiger partial charge in [0.25, 0.3) is 5.91 Å². The number of nitrogens with one attached hydrogen (secondary N) is 2. The van der Waals surface area contributed by atoms with Crippen LogP contribution in [0.2, 0.25) is 0 Å². The zero-order chi connectivity index (χ0) is 19.1. The van der Waals surface area contributed by atoms with Crippen LogP contribution in [0.15, 0.2) is 79.1 Å². The number of amides is 2. The quantitative estimate of drug-likeness (QED) is 0.682. The third-order valence-electron chi connectivity index (χ3n) is 4.21. The molecule has 0 aliphatic carbocycles. The lowest BCUT2D eigenvalue weighted by atomic mass is 9.97. The number of nitrogens with zero attached hydrogens (tertiary/aromatic N) is 1. The molecule has 3 rings (SSSR count). The summed E-state index contributed by atoms with van der Waals surface area (Å²) in [6.07, 6.45) is 3.62. The summed E-state index contributed by atoms with van der Waals surface area (Å²) >= 11 is 0. The molecule has 0 saturated carbocycles. The fraction of sp³-hybridized carbons (Fsp3) is 0.136. The Morgan fingerprint density at radius 1 is 0.889 bits per heavy atom. The molecule has 136 valence electrons. The Bertz CT molecular complexity index is 894.